The van der Waals surface area contributed by atoms with Gasteiger partial charge in [-0.1, -0.05) is 0 Å². The van der Waals surface area contributed by atoms with E-state index in [9.17, 15) is 0 Å². The Balaban J connectivity index is 0.000000360. The molecular weight excluding hydrogens is 256 g/mol. The van der Waals surface area contributed by atoms with Crippen LogP contribution in [0.15, 0.2) is 0 Å². The van der Waals surface area contributed by atoms with Gasteiger partial charge in [-0.15, -0.1) is 6.42 Å². The maximum absolute atomic E-state index is 3.77. The fourth-order valence-corrected chi connectivity index (χ4v) is 0.677. The second-order valence-corrected chi connectivity index (χ2v) is 1.85. The predicted octanol–water partition coefficient (Wildman–Crippen LogP) is 1.97. The van der Waals surface area contributed by atoms with Crippen molar-refractivity contribution < 1.29 is 21.1 Å². The van der Waals surface area contributed by atoms with Crippen LogP contribution in [0.25, 0.3) is 0 Å². The molecule has 0 aromatic carbocycles. The van der Waals surface area contributed by atoms with Gasteiger partial charge in [-0.3, -0.25) is 0 Å². The van der Waals surface area contributed by atoms with Gasteiger partial charge in [0.2, 0.25) is 0 Å². The zero-order chi connectivity index (χ0) is 4.41. The van der Waals surface area contributed by atoms with E-state index < -0.39 is 0 Å². The minimum Gasteiger partial charge on any atom is -0.372 e. The average molecular weight is 266 g/mol. The van der Waals surface area contributed by atoms with Gasteiger partial charge in [-0.2, -0.15) is 12.8 Å². The van der Waals surface area contributed by atoms with Crippen LogP contribution in [-0.2, 0) is 21.1 Å². The van der Waals surface area contributed by atoms with E-state index >= 15 is 0 Å². The summed E-state index contributed by atoms with van der Waals surface area (Å²) >= 11 is 0. The standard InChI is InChI=1S/C6H10.W/c1-2-6-4-3-5-6;/h1-5H2;/q-2;+2. The van der Waals surface area contributed by atoms with Crippen LogP contribution in [0.2, 0.25) is 0 Å². The topological polar surface area (TPSA) is 0 Å². The van der Waals surface area contributed by atoms with Crippen molar-refractivity contribution in [2.45, 2.75) is 25.7 Å². The van der Waals surface area contributed by atoms with Crippen LogP contribution in [0, 0.1) is 12.8 Å². The van der Waals surface area contributed by atoms with Gasteiger partial charge in [0.25, 0.3) is 0 Å². The second-order valence-electron chi connectivity index (χ2n) is 1.85. The van der Waals surface area contributed by atoms with Crippen LogP contribution in [0.5, 0.6) is 0 Å². The zero-order valence-corrected chi connectivity index (χ0v) is 7.38. The molecule has 0 aromatic heterocycles. The Morgan fingerprint density at radius 2 is 2.00 bits per heavy atom. The van der Waals surface area contributed by atoms with Crippen molar-refractivity contribution in [1.29, 1.82) is 0 Å². The van der Waals surface area contributed by atoms with E-state index in [1.165, 1.54) is 19.3 Å². The van der Waals surface area contributed by atoms with Gasteiger partial charge in [-0.25, -0.2) is 0 Å². The fourth-order valence-electron chi connectivity index (χ4n) is 0.677. The molecule has 0 aliphatic heterocycles. The van der Waals surface area contributed by atoms with Crippen LogP contribution in [0.1, 0.15) is 25.7 Å². The molecule has 0 radical (unpaired) electrons. The van der Waals surface area contributed by atoms with Crippen molar-refractivity contribution in [3.8, 4) is 0 Å². The monoisotopic (exact) mass is 266 g/mol. The van der Waals surface area contributed by atoms with E-state index in [0.717, 1.165) is 6.42 Å². The molecule has 0 bridgehead atoms. The Bertz CT molecular complexity index is 36.7. The molecule has 0 heterocycles. The SMILES string of the molecule is [CH2-]C[C-]1CCC1.[W+2]. The molecule has 1 saturated carbocycles. The summed E-state index contributed by atoms with van der Waals surface area (Å²) in [4.78, 5) is 0. The minimum absolute atomic E-state index is 0. The van der Waals surface area contributed by atoms with E-state index in [1.54, 1.807) is 5.92 Å². The first kappa shape index (κ1) is 7.69. The molecule has 1 fully saturated rings. The van der Waals surface area contributed by atoms with Gasteiger partial charge in [0.15, 0.2) is 0 Å². The third-order valence-electron chi connectivity index (χ3n) is 1.41. The van der Waals surface area contributed by atoms with Crippen LogP contribution in [0.3, 0.4) is 0 Å². The second kappa shape index (κ2) is 3.66. The fraction of sp³-hybridized carbons (Fsp3) is 0.667. The Hall–Kier alpha value is 0.688. The molecule has 7 heavy (non-hydrogen) atoms. The molecule has 1 heteroatoms. The molecule has 1 aliphatic carbocycles. The molecule has 1 aliphatic rings. The van der Waals surface area contributed by atoms with Gasteiger partial charge in [0.05, 0.1) is 0 Å². The first-order chi connectivity index (χ1) is 2.93. The third-order valence-corrected chi connectivity index (χ3v) is 1.41. The quantitative estimate of drug-likeness (QED) is 0.636. The molecular formula is C6H10W. The molecule has 0 amide bonds. The van der Waals surface area contributed by atoms with Gasteiger partial charge in [-0.05, 0) is 0 Å². The number of hydrogen-bond acceptors (Lipinski definition) is 0. The Morgan fingerprint density at radius 3 is 2.00 bits per heavy atom. The summed E-state index contributed by atoms with van der Waals surface area (Å²) in [6, 6.07) is 0. The average Bonchev–Trinajstić information content (AvgIpc) is 1.31. The smallest absolute Gasteiger partial charge is 0.372 e. The van der Waals surface area contributed by atoms with Crippen molar-refractivity contribution in [3.05, 3.63) is 12.8 Å². The Labute approximate surface area is 59.9 Å². The molecule has 40 valence electrons. The third kappa shape index (κ3) is 1.95. The summed E-state index contributed by atoms with van der Waals surface area (Å²) in [5, 5.41) is 0. The summed E-state index contributed by atoms with van der Waals surface area (Å²) in [7, 11) is 0. The van der Waals surface area contributed by atoms with Crippen molar-refractivity contribution in [2.24, 2.45) is 0 Å². The van der Waals surface area contributed by atoms with Crippen molar-refractivity contribution >= 4 is 0 Å². The molecule has 1 rings (SSSR count). The summed E-state index contributed by atoms with van der Waals surface area (Å²) in [5.74, 6) is 1.66. The molecule has 0 saturated heterocycles. The van der Waals surface area contributed by atoms with Crippen LogP contribution in [0.4, 0.5) is 0 Å². The first-order valence-corrected chi connectivity index (χ1v) is 2.56. The molecule has 0 aromatic rings. The normalized spacial score (nSPS) is 20.1. The van der Waals surface area contributed by atoms with Crippen molar-refractivity contribution in [2.75, 3.05) is 0 Å². The molecule has 0 unspecified atom stereocenters. The summed E-state index contributed by atoms with van der Waals surface area (Å²) < 4.78 is 0. The van der Waals surface area contributed by atoms with E-state index in [0.29, 0.717) is 0 Å². The van der Waals surface area contributed by atoms with E-state index in [2.05, 4.69) is 6.92 Å². The Morgan fingerprint density at radius 1 is 1.43 bits per heavy atom. The van der Waals surface area contributed by atoms with Crippen LogP contribution < -0.4 is 0 Å². The van der Waals surface area contributed by atoms with Crippen LogP contribution >= 0.6 is 0 Å². The van der Waals surface area contributed by atoms with Crippen molar-refractivity contribution in [1.82, 2.24) is 0 Å². The molecule has 0 atom stereocenters. The van der Waals surface area contributed by atoms with Crippen LogP contribution in [-0.4, -0.2) is 0 Å². The predicted molar refractivity (Wildman–Crippen MR) is 27.1 cm³/mol. The zero-order valence-electron chi connectivity index (χ0n) is 4.44. The molecule has 0 N–H and O–H groups in total. The maximum Gasteiger partial charge on any atom is 2.00 e. The van der Waals surface area contributed by atoms with E-state index in [4.69, 9.17) is 0 Å². The van der Waals surface area contributed by atoms with Crippen molar-refractivity contribution in [3.63, 3.8) is 0 Å². The molecule has 0 nitrogen and oxygen atoms in total. The summed E-state index contributed by atoms with van der Waals surface area (Å²) in [6.07, 6.45) is 5.23. The first-order valence-electron chi connectivity index (χ1n) is 2.56. The van der Waals surface area contributed by atoms with E-state index in [-0.39, 0.29) is 21.1 Å². The van der Waals surface area contributed by atoms with E-state index in [1.807, 2.05) is 0 Å². The molecule has 0 spiro atoms. The van der Waals surface area contributed by atoms with Gasteiger partial charge < -0.3 is 19.3 Å². The summed E-state index contributed by atoms with van der Waals surface area (Å²) in [5.41, 5.74) is 0. The Kier molecular flexibility index (Phi) is 4.02. The van der Waals surface area contributed by atoms with Gasteiger partial charge >= 0.3 is 21.1 Å². The number of rotatable bonds is 1. The maximum atomic E-state index is 3.77. The summed E-state index contributed by atoms with van der Waals surface area (Å²) in [6.45, 7) is 3.77. The minimum atomic E-state index is 0. The van der Waals surface area contributed by atoms with Gasteiger partial charge in [0.1, 0.15) is 0 Å². The largest absolute Gasteiger partial charge is 2.00 e. The van der Waals surface area contributed by atoms with Gasteiger partial charge in [0, 0.05) is 0 Å². The number of hydrogen-bond donors (Lipinski definition) is 0.